The molecule has 1 aromatic carbocycles. The first-order chi connectivity index (χ1) is 14.8. The highest BCUT2D eigenvalue weighted by Gasteiger charge is 2.44. The zero-order chi connectivity index (χ0) is 22.6. The number of ether oxygens (including phenoxy) is 2. The molecule has 0 radical (unpaired) electrons. The molecule has 2 amide bonds. The van der Waals surface area contributed by atoms with Crippen LogP contribution in [0.5, 0.6) is 0 Å². The normalized spacial score (nSPS) is 18.8. The molecule has 1 atom stereocenters. The molecule has 31 heavy (non-hydrogen) atoms. The van der Waals surface area contributed by atoms with Gasteiger partial charge in [0.2, 0.25) is 0 Å². The second-order valence-electron chi connectivity index (χ2n) is 8.64. The average Bonchev–Trinajstić information content (AvgIpc) is 3.15. The van der Waals surface area contributed by atoms with E-state index in [9.17, 15) is 19.5 Å². The summed E-state index contributed by atoms with van der Waals surface area (Å²) in [7, 11) is 1.56. The number of aliphatic carboxylic acids is 1. The first-order valence-electron chi connectivity index (χ1n) is 10.5. The zero-order valence-corrected chi connectivity index (χ0v) is 18.3. The third-order valence-corrected chi connectivity index (χ3v) is 6.15. The van der Waals surface area contributed by atoms with Crippen molar-refractivity contribution < 1.29 is 29.0 Å². The number of carbonyl (C=O) groups excluding carboxylic acids is 2. The summed E-state index contributed by atoms with van der Waals surface area (Å²) in [4.78, 5) is 40.0. The molecule has 2 heterocycles. The fourth-order valence-electron chi connectivity index (χ4n) is 4.44. The third-order valence-electron chi connectivity index (χ3n) is 6.15. The Bertz CT molecular complexity index is 806. The van der Waals surface area contributed by atoms with Crippen LogP contribution in [0.4, 0.5) is 10.5 Å². The van der Waals surface area contributed by atoms with Gasteiger partial charge in [-0.2, -0.15) is 0 Å². The minimum absolute atomic E-state index is 0.179. The van der Waals surface area contributed by atoms with Gasteiger partial charge in [0.25, 0.3) is 6.47 Å². The van der Waals surface area contributed by atoms with E-state index in [0.717, 1.165) is 11.3 Å². The zero-order valence-electron chi connectivity index (χ0n) is 18.3. The topological polar surface area (TPSA) is 99.6 Å². The molecule has 1 spiro atoms. The summed E-state index contributed by atoms with van der Waals surface area (Å²) in [5, 5.41) is 9.47. The number of nitrogens with zero attached hydrogens (tertiary/aromatic N) is 3. The highest BCUT2D eigenvalue weighted by Crippen LogP contribution is 2.35. The van der Waals surface area contributed by atoms with Gasteiger partial charge in [0, 0.05) is 32.4 Å². The molecular weight excluding hydrogens is 402 g/mol. The Labute approximate surface area is 182 Å². The van der Waals surface area contributed by atoms with Crippen LogP contribution in [0.3, 0.4) is 0 Å². The maximum Gasteiger partial charge on any atom is 0.326 e. The number of benzene rings is 1. The van der Waals surface area contributed by atoms with E-state index in [-0.39, 0.29) is 24.2 Å². The van der Waals surface area contributed by atoms with Crippen molar-refractivity contribution in [3.63, 3.8) is 0 Å². The summed E-state index contributed by atoms with van der Waals surface area (Å²) in [6, 6.07) is 6.71. The third kappa shape index (κ3) is 5.10. The number of hydrogen-bond donors (Lipinski definition) is 1. The van der Waals surface area contributed by atoms with Crippen molar-refractivity contribution in [3.05, 3.63) is 29.8 Å². The molecule has 2 fully saturated rings. The standard InChI is InChI=1S/C22H31N3O6/c1-16(2)19(20(27)28)23(3)21(29)24-9-7-22(8-10-24)13-25(14-31-22)18-6-4-5-17(11-18)12-30-15-26/h4-6,11,15-16,19H,7-10,12-14H2,1-3H3,(H,27,28)/t19-/m0/s1. The Morgan fingerprint density at radius 3 is 2.65 bits per heavy atom. The summed E-state index contributed by atoms with van der Waals surface area (Å²) in [6.07, 6.45) is 1.38. The van der Waals surface area contributed by atoms with Gasteiger partial charge in [-0.15, -0.1) is 0 Å². The van der Waals surface area contributed by atoms with Crippen molar-refractivity contribution in [2.24, 2.45) is 5.92 Å². The summed E-state index contributed by atoms with van der Waals surface area (Å²) >= 11 is 0. The fraction of sp³-hybridized carbons (Fsp3) is 0.591. The van der Waals surface area contributed by atoms with Crippen LogP contribution < -0.4 is 4.90 Å². The lowest BCUT2D eigenvalue weighted by molar-refractivity contribution is -0.143. The van der Waals surface area contributed by atoms with E-state index in [1.54, 1.807) is 25.8 Å². The molecule has 0 saturated carbocycles. The lowest BCUT2D eigenvalue weighted by Crippen LogP contribution is -2.55. The minimum atomic E-state index is -0.991. The van der Waals surface area contributed by atoms with Crippen LogP contribution in [0.2, 0.25) is 0 Å². The molecule has 170 valence electrons. The molecule has 2 saturated heterocycles. The molecule has 0 bridgehead atoms. The van der Waals surface area contributed by atoms with Gasteiger partial charge >= 0.3 is 12.0 Å². The lowest BCUT2D eigenvalue weighted by Gasteiger charge is -2.40. The molecule has 3 rings (SSSR count). The fourth-order valence-corrected chi connectivity index (χ4v) is 4.44. The quantitative estimate of drug-likeness (QED) is 0.658. The molecular formula is C22H31N3O6. The van der Waals surface area contributed by atoms with E-state index in [2.05, 4.69) is 4.90 Å². The van der Waals surface area contributed by atoms with Crippen molar-refractivity contribution in [1.29, 1.82) is 0 Å². The van der Waals surface area contributed by atoms with Crippen LogP contribution in [-0.4, -0.2) is 78.4 Å². The Kier molecular flexibility index (Phi) is 7.04. The Morgan fingerprint density at radius 2 is 2.03 bits per heavy atom. The van der Waals surface area contributed by atoms with Crippen molar-refractivity contribution in [2.75, 3.05) is 38.3 Å². The van der Waals surface area contributed by atoms with Gasteiger partial charge < -0.3 is 29.3 Å². The maximum atomic E-state index is 12.9. The predicted molar refractivity (Wildman–Crippen MR) is 114 cm³/mol. The second-order valence-corrected chi connectivity index (χ2v) is 8.64. The van der Waals surface area contributed by atoms with Gasteiger partial charge in [-0.3, -0.25) is 4.79 Å². The van der Waals surface area contributed by atoms with Crippen LogP contribution >= 0.6 is 0 Å². The predicted octanol–water partition coefficient (Wildman–Crippen LogP) is 2.15. The Balaban J connectivity index is 1.59. The molecule has 9 nitrogen and oxygen atoms in total. The Morgan fingerprint density at radius 1 is 1.32 bits per heavy atom. The van der Waals surface area contributed by atoms with Crippen molar-refractivity contribution >= 4 is 24.2 Å². The number of carboxylic acid groups (broad SMARTS) is 1. The highest BCUT2D eigenvalue weighted by molar-refractivity contribution is 5.82. The van der Waals surface area contributed by atoms with Gasteiger partial charge in [0.05, 0.1) is 5.60 Å². The number of amides is 2. The molecule has 1 aromatic rings. The molecule has 0 unspecified atom stereocenters. The smallest absolute Gasteiger partial charge is 0.326 e. The number of carbonyl (C=O) groups is 3. The summed E-state index contributed by atoms with van der Waals surface area (Å²) in [5.74, 6) is -1.17. The van der Waals surface area contributed by atoms with Crippen LogP contribution in [0.25, 0.3) is 0 Å². The summed E-state index contributed by atoms with van der Waals surface area (Å²) in [5.41, 5.74) is 1.59. The van der Waals surface area contributed by atoms with Crippen molar-refractivity contribution in [2.45, 2.75) is 44.9 Å². The van der Waals surface area contributed by atoms with Gasteiger partial charge in [-0.1, -0.05) is 26.0 Å². The lowest BCUT2D eigenvalue weighted by atomic mass is 9.91. The van der Waals surface area contributed by atoms with Crippen LogP contribution in [0.1, 0.15) is 32.3 Å². The van der Waals surface area contributed by atoms with E-state index < -0.39 is 12.0 Å². The molecule has 1 N–H and O–H groups in total. The number of rotatable bonds is 7. The number of likely N-dealkylation sites (tertiary alicyclic amines) is 1. The minimum Gasteiger partial charge on any atom is -0.480 e. The summed E-state index contributed by atoms with van der Waals surface area (Å²) in [6.45, 7) is 6.49. The van der Waals surface area contributed by atoms with Crippen molar-refractivity contribution in [3.8, 4) is 0 Å². The number of piperidine rings is 1. The maximum absolute atomic E-state index is 12.9. The molecule has 2 aliphatic rings. The van der Waals surface area contributed by atoms with E-state index in [0.29, 0.717) is 45.7 Å². The Hall–Kier alpha value is -2.81. The number of hydrogen-bond acceptors (Lipinski definition) is 6. The molecule has 9 heteroatoms. The average molecular weight is 434 g/mol. The summed E-state index contributed by atoms with van der Waals surface area (Å²) < 4.78 is 11.0. The number of anilines is 1. The van der Waals surface area contributed by atoms with Gasteiger partial charge in [0.15, 0.2) is 0 Å². The van der Waals surface area contributed by atoms with E-state index in [1.165, 1.54) is 4.90 Å². The molecule has 0 aromatic heterocycles. The number of carboxylic acids is 1. The second kappa shape index (κ2) is 9.55. The first-order valence-corrected chi connectivity index (χ1v) is 10.5. The largest absolute Gasteiger partial charge is 0.480 e. The molecule has 2 aliphatic heterocycles. The van der Waals surface area contributed by atoms with Crippen molar-refractivity contribution in [1.82, 2.24) is 9.80 Å². The van der Waals surface area contributed by atoms with Crippen LogP contribution in [0.15, 0.2) is 24.3 Å². The van der Waals surface area contributed by atoms with E-state index in [1.807, 2.05) is 24.3 Å². The van der Waals surface area contributed by atoms with E-state index in [4.69, 9.17) is 9.47 Å². The van der Waals surface area contributed by atoms with E-state index >= 15 is 0 Å². The monoisotopic (exact) mass is 433 g/mol. The van der Waals surface area contributed by atoms with Gasteiger partial charge in [-0.05, 0) is 36.5 Å². The first kappa shape index (κ1) is 22.9. The highest BCUT2D eigenvalue weighted by atomic mass is 16.5. The van der Waals surface area contributed by atoms with Crippen LogP contribution in [-0.2, 0) is 25.7 Å². The van der Waals surface area contributed by atoms with Crippen LogP contribution in [0, 0.1) is 5.92 Å². The molecule has 0 aliphatic carbocycles. The van der Waals surface area contributed by atoms with Gasteiger partial charge in [-0.25, -0.2) is 9.59 Å². The SMILES string of the molecule is CC(C)[C@@H](C(=O)O)N(C)C(=O)N1CCC2(CC1)CN(c1cccc(COC=O)c1)CO2. The number of likely N-dealkylation sites (N-methyl/N-ethyl adjacent to an activating group) is 1. The van der Waals surface area contributed by atoms with Gasteiger partial charge in [0.1, 0.15) is 19.4 Å². The number of urea groups is 1.